The fraction of sp³-hybridized carbons (Fsp3) is 0.125. The van der Waals surface area contributed by atoms with Crippen molar-refractivity contribution in [1.82, 2.24) is 0 Å². The van der Waals surface area contributed by atoms with Crippen molar-refractivity contribution in [3.63, 3.8) is 0 Å². The first-order chi connectivity index (χ1) is 4.70. The maximum atomic E-state index is 10.5. The molecule has 0 aliphatic heterocycles. The van der Waals surface area contributed by atoms with E-state index < -0.39 is 0 Å². The Morgan fingerprint density at radius 1 is 1.60 bits per heavy atom. The van der Waals surface area contributed by atoms with Gasteiger partial charge in [0, 0.05) is 5.57 Å². The molecule has 0 aromatic carbocycles. The number of nitrogens with two attached hydrogens (primary N) is 1. The third-order valence-electron chi connectivity index (χ3n) is 1.37. The monoisotopic (exact) mass is 135 g/mol. The number of allylic oxidation sites excluding steroid dienone is 3. The van der Waals surface area contributed by atoms with Gasteiger partial charge < -0.3 is 5.73 Å². The molecule has 1 amide bonds. The smallest absolute Gasteiger partial charge is 0.248 e. The second-order valence-corrected chi connectivity index (χ2v) is 2.22. The van der Waals surface area contributed by atoms with Crippen LogP contribution in [0.3, 0.4) is 0 Å². The molecule has 0 aromatic rings. The van der Waals surface area contributed by atoms with Crippen LogP contribution in [0.4, 0.5) is 0 Å². The summed E-state index contributed by atoms with van der Waals surface area (Å²) in [5.74, 6) is -0.372. The van der Waals surface area contributed by atoms with E-state index in [2.05, 4.69) is 6.58 Å². The molecule has 1 rings (SSSR count). The minimum atomic E-state index is -0.372. The molecule has 0 unspecified atom stereocenters. The summed E-state index contributed by atoms with van der Waals surface area (Å²) in [5.41, 5.74) is 6.61. The number of amides is 1. The van der Waals surface area contributed by atoms with E-state index in [4.69, 9.17) is 5.73 Å². The summed E-state index contributed by atoms with van der Waals surface area (Å²) >= 11 is 0. The van der Waals surface area contributed by atoms with Gasteiger partial charge in [-0.3, -0.25) is 4.79 Å². The number of carbonyl (C=O) groups excluding carboxylic acids is 1. The van der Waals surface area contributed by atoms with E-state index in [1.165, 1.54) is 0 Å². The van der Waals surface area contributed by atoms with Crippen LogP contribution >= 0.6 is 0 Å². The molecule has 0 radical (unpaired) electrons. The van der Waals surface area contributed by atoms with Crippen LogP contribution in [0.25, 0.3) is 0 Å². The molecule has 52 valence electrons. The molecule has 0 atom stereocenters. The first-order valence-electron chi connectivity index (χ1n) is 3.06. The second-order valence-electron chi connectivity index (χ2n) is 2.22. The predicted octanol–water partition coefficient (Wildman–Crippen LogP) is 0.914. The summed E-state index contributed by atoms with van der Waals surface area (Å²) in [7, 11) is 0. The van der Waals surface area contributed by atoms with Gasteiger partial charge in [0.2, 0.25) is 5.91 Å². The minimum absolute atomic E-state index is 0.372. The number of carbonyl (C=O) groups is 1. The van der Waals surface area contributed by atoms with Gasteiger partial charge in [-0.05, 0) is 12.5 Å². The Kier molecular flexibility index (Phi) is 1.71. The van der Waals surface area contributed by atoms with Gasteiger partial charge in [0.15, 0.2) is 0 Å². The van der Waals surface area contributed by atoms with Gasteiger partial charge >= 0.3 is 0 Å². The van der Waals surface area contributed by atoms with Crippen LogP contribution in [0.1, 0.15) is 6.42 Å². The van der Waals surface area contributed by atoms with E-state index in [1.807, 2.05) is 0 Å². The van der Waals surface area contributed by atoms with Crippen molar-refractivity contribution in [2.24, 2.45) is 5.73 Å². The van der Waals surface area contributed by atoms with E-state index in [1.54, 1.807) is 18.2 Å². The van der Waals surface area contributed by atoms with Crippen LogP contribution < -0.4 is 5.73 Å². The number of rotatable bonds is 1. The summed E-state index contributed by atoms with van der Waals surface area (Å²) in [6.45, 7) is 3.72. The Hall–Kier alpha value is -1.31. The molecule has 2 nitrogen and oxygen atoms in total. The summed E-state index contributed by atoms with van der Waals surface area (Å²) in [5, 5.41) is 0. The van der Waals surface area contributed by atoms with Gasteiger partial charge in [-0.25, -0.2) is 0 Å². The highest BCUT2D eigenvalue weighted by atomic mass is 16.1. The number of primary amides is 1. The van der Waals surface area contributed by atoms with Gasteiger partial charge in [-0.15, -0.1) is 0 Å². The summed E-state index contributed by atoms with van der Waals surface area (Å²) in [6.07, 6.45) is 6.01. The molecule has 0 aromatic heterocycles. The van der Waals surface area contributed by atoms with Crippen molar-refractivity contribution < 1.29 is 4.79 Å². The molecular weight excluding hydrogens is 126 g/mol. The first kappa shape index (κ1) is 6.81. The number of hydrogen-bond donors (Lipinski definition) is 1. The summed E-state index contributed by atoms with van der Waals surface area (Å²) < 4.78 is 0. The van der Waals surface area contributed by atoms with E-state index in [0.29, 0.717) is 5.57 Å². The zero-order valence-electron chi connectivity index (χ0n) is 5.63. The first-order valence-corrected chi connectivity index (χ1v) is 3.06. The fourth-order valence-electron chi connectivity index (χ4n) is 0.767. The molecule has 10 heavy (non-hydrogen) atoms. The van der Waals surface area contributed by atoms with Crippen LogP contribution in [0.2, 0.25) is 0 Å². The van der Waals surface area contributed by atoms with Crippen molar-refractivity contribution in [2.45, 2.75) is 6.42 Å². The molecule has 0 bridgehead atoms. The molecule has 0 spiro atoms. The molecule has 1 aliphatic rings. The normalized spacial score (nSPS) is 16.8. The Morgan fingerprint density at radius 3 is 2.70 bits per heavy atom. The standard InChI is InChI=1S/C8H9NO/c1-6-2-4-7(5-3-6)8(9)10/h2,4-5H,1,3H2,(H2,9,10). The van der Waals surface area contributed by atoms with Crippen LogP contribution in [-0.2, 0) is 4.79 Å². The Balaban J connectivity index is 2.77. The zero-order chi connectivity index (χ0) is 7.56. The lowest BCUT2D eigenvalue weighted by Gasteiger charge is -2.03. The molecule has 0 fully saturated rings. The summed E-state index contributed by atoms with van der Waals surface area (Å²) in [4.78, 5) is 10.5. The van der Waals surface area contributed by atoms with Crippen LogP contribution in [-0.4, -0.2) is 5.91 Å². The van der Waals surface area contributed by atoms with E-state index in [-0.39, 0.29) is 5.91 Å². The van der Waals surface area contributed by atoms with E-state index >= 15 is 0 Å². The Bertz CT molecular complexity index is 236. The fourth-order valence-corrected chi connectivity index (χ4v) is 0.767. The van der Waals surface area contributed by atoms with Crippen molar-refractivity contribution in [3.05, 3.63) is 36.0 Å². The van der Waals surface area contributed by atoms with Crippen molar-refractivity contribution >= 4 is 5.91 Å². The van der Waals surface area contributed by atoms with Crippen molar-refractivity contribution in [2.75, 3.05) is 0 Å². The lowest BCUT2D eigenvalue weighted by molar-refractivity contribution is -0.114. The average Bonchev–Trinajstić information content (AvgIpc) is 1.88. The van der Waals surface area contributed by atoms with Gasteiger partial charge in [-0.2, -0.15) is 0 Å². The van der Waals surface area contributed by atoms with E-state index in [9.17, 15) is 4.79 Å². The van der Waals surface area contributed by atoms with Crippen LogP contribution in [0, 0.1) is 0 Å². The molecule has 0 saturated carbocycles. The molecule has 2 N–H and O–H groups in total. The Labute approximate surface area is 59.7 Å². The molecular formula is C8H9NO. The lowest BCUT2D eigenvalue weighted by Crippen LogP contribution is -2.13. The quantitative estimate of drug-likeness (QED) is 0.570. The highest BCUT2D eigenvalue weighted by Crippen LogP contribution is 2.12. The largest absolute Gasteiger partial charge is 0.366 e. The predicted molar refractivity (Wildman–Crippen MR) is 40.2 cm³/mol. The van der Waals surface area contributed by atoms with Crippen molar-refractivity contribution in [3.8, 4) is 0 Å². The zero-order valence-corrected chi connectivity index (χ0v) is 5.63. The minimum Gasteiger partial charge on any atom is -0.366 e. The van der Waals surface area contributed by atoms with Crippen molar-refractivity contribution in [1.29, 1.82) is 0 Å². The maximum absolute atomic E-state index is 10.5. The third-order valence-corrected chi connectivity index (χ3v) is 1.37. The van der Waals surface area contributed by atoms with Gasteiger partial charge in [0.05, 0.1) is 0 Å². The van der Waals surface area contributed by atoms with Crippen LogP contribution in [0.15, 0.2) is 36.0 Å². The topological polar surface area (TPSA) is 43.1 Å². The highest BCUT2D eigenvalue weighted by molar-refractivity contribution is 5.95. The highest BCUT2D eigenvalue weighted by Gasteiger charge is 2.03. The summed E-state index contributed by atoms with van der Waals surface area (Å²) in [6, 6.07) is 0. The maximum Gasteiger partial charge on any atom is 0.248 e. The van der Waals surface area contributed by atoms with Gasteiger partial charge in [0.25, 0.3) is 0 Å². The lowest BCUT2D eigenvalue weighted by atomic mass is 10.0. The van der Waals surface area contributed by atoms with Gasteiger partial charge in [0.1, 0.15) is 0 Å². The second kappa shape index (κ2) is 2.52. The molecule has 1 aliphatic carbocycles. The average molecular weight is 135 g/mol. The number of hydrogen-bond acceptors (Lipinski definition) is 1. The molecule has 0 heterocycles. The SMILES string of the molecule is C=C1C=CC(C(N)=O)=CC1. The molecule has 2 heteroatoms. The third kappa shape index (κ3) is 1.35. The Morgan fingerprint density at radius 2 is 2.30 bits per heavy atom. The van der Waals surface area contributed by atoms with E-state index in [0.717, 1.165) is 12.0 Å². The molecule has 0 saturated heterocycles. The van der Waals surface area contributed by atoms with Gasteiger partial charge in [-0.1, -0.05) is 24.3 Å². The van der Waals surface area contributed by atoms with Crippen LogP contribution in [0.5, 0.6) is 0 Å².